The molecule has 0 aliphatic carbocycles. The van der Waals surface area contributed by atoms with Gasteiger partial charge in [-0.2, -0.15) is 0 Å². The molecule has 0 aromatic carbocycles. The van der Waals surface area contributed by atoms with Crippen LogP contribution in [0.5, 0.6) is 0 Å². The van der Waals surface area contributed by atoms with Gasteiger partial charge in [0.1, 0.15) is 5.82 Å². The fourth-order valence-electron chi connectivity index (χ4n) is 1.25. The van der Waals surface area contributed by atoms with Crippen molar-refractivity contribution in [2.45, 2.75) is 6.92 Å². The molecule has 0 fully saturated rings. The van der Waals surface area contributed by atoms with Gasteiger partial charge in [-0.05, 0) is 30.7 Å². The summed E-state index contributed by atoms with van der Waals surface area (Å²) < 4.78 is 0. The first-order valence-electron chi connectivity index (χ1n) is 3.75. The van der Waals surface area contributed by atoms with Gasteiger partial charge in [0.25, 0.3) is 0 Å². The zero-order valence-electron chi connectivity index (χ0n) is 6.78. The van der Waals surface area contributed by atoms with E-state index in [0.29, 0.717) is 5.82 Å². The molecule has 0 saturated carbocycles. The van der Waals surface area contributed by atoms with Crippen molar-refractivity contribution in [2.75, 3.05) is 5.73 Å². The summed E-state index contributed by atoms with van der Waals surface area (Å²) in [5.41, 5.74) is 7.41. The topological polar surface area (TPSA) is 51.8 Å². The third-order valence-corrected chi connectivity index (χ3v) is 1.81. The van der Waals surface area contributed by atoms with E-state index in [2.05, 4.69) is 9.97 Å². The van der Waals surface area contributed by atoms with Crippen LogP contribution in [0.3, 0.4) is 0 Å². The number of aryl methyl sites for hydroxylation is 1. The van der Waals surface area contributed by atoms with Crippen LogP contribution in [0.2, 0.25) is 0 Å². The zero-order chi connectivity index (χ0) is 8.55. The SMILES string of the molecule is Cc1cc(N)nc2ncccc12. The van der Waals surface area contributed by atoms with E-state index in [1.807, 2.05) is 25.1 Å². The molecule has 3 heteroatoms. The van der Waals surface area contributed by atoms with E-state index in [-0.39, 0.29) is 0 Å². The number of nitrogen functional groups attached to an aromatic ring is 1. The summed E-state index contributed by atoms with van der Waals surface area (Å²) in [5, 5.41) is 1.06. The normalized spacial score (nSPS) is 10.4. The lowest BCUT2D eigenvalue weighted by Gasteiger charge is -2.00. The fourth-order valence-corrected chi connectivity index (χ4v) is 1.25. The molecule has 2 rings (SSSR count). The van der Waals surface area contributed by atoms with E-state index in [1.54, 1.807) is 6.20 Å². The van der Waals surface area contributed by atoms with Gasteiger partial charge in [0, 0.05) is 11.6 Å². The Morgan fingerprint density at radius 1 is 1.42 bits per heavy atom. The Bertz CT molecular complexity index is 423. The van der Waals surface area contributed by atoms with E-state index in [9.17, 15) is 0 Å². The maximum absolute atomic E-state index is 5.57. The van der Waals surface area contributed by atoms with Crippen molar-refractivity contribution in [1.29, 1.82) is 0 Å². The first-order chi connectivity index (χ1) is 5.77. The summed E-state index contributed by atoms with van der Waals surface area (Å²) in [6.07, 6.45) is 1.72. The van der Waals surface area contributed by atoms with Crippen molar-refractivity contribution in [3.8, 4) is 0 Å². The smallest absolute Gasteiger partial charge is 0.161 e. The summed E-state index contributed by atoms with van der Waals surface area (Å²) in [4.78, 5) is 8.21. The van der Waals surface area contributed by atoms with Gasteiger partial charge in [0.05, 0.1) is 0 Å². The van der Waals surface area contributed by atoms with Gasteiger partial charge in [0.15, 0.2) is 5.65 Å². The highest BCUT2D eigenvalue weighted by Crippen LogP contribution is 2.15. The van der Waals surface area contributed by atoms with Crippen molar-refractivity contribution < 1.29 is 0 Å². The van der Waals surface area contributed by atoms with Crippen molar-refractivity contribution in [2.24, 2.45) is 0 Å². The highest BCUT2D eigenvalue weighted by molar-refractivity contribution is 5.79. The third-order valence-electron chi connectivity index (χ3n) is 1.81. The summed E-state index contributed by atoms with van der Waals surface area (Å²) in [6.45, 7) is 2.00. The zero-order valence-corrected chi connectivity index (χ0v) is 6.78. The second-order valence-corrected chi connectivity index (χ2v) is 2.74. The quantitative estimate of drug-likeness (QED) is 0.634. The van der Waals surface area contributed by atoms with E-state index in [4.69, 9.17) is 5.73 Å². The third kappa shape index (κ3) is 0.993. The maximum Gasteiger partial charge on any atom is 0.161 e. The van der Waals surface area contributed by atoms with Crippen LogP contribution < -0.4 is 5.73 Å². The van der Waals surface area contributed by atoms with Crippen LogP contribution in [0.25, 0.3) is 11.0 Å². The Kier molecular flexibility index (Phi) is 1.43. The number of nitrogens with two attached hydrogens (primary N) is 1. The van der Waals surface area contributed by atoms with Crippen LogP contribution in [-0.2, 0) is 0 Å². The predicted molar refractivity (Wildman–Crippen MR) is 48.7 cm³/mol. The molecule has 2 aromatic heterocycles. The Hall–Kier alpha value is -1.64. The van der Waals surface area contributed by atoms with Gasteiger partial charge < -0.3 is 5.73 Å². The molecule has 0 unspecified atom stereocenters. The van der Waals surface area contributed by atoms with Gasteiger partial charge in [0.2, 0.25) is 0 Å². The largest absolute Gasteiger partial charge is 0.384 e. The Morgan fingerprint density at radius 3 is 3.08 bits per heavy atom. The lowest BCUT2D eigenvalue weighted by atomic mass is 10.2. The standard InChI is InChI=1S/C9H9N3/c1-6-5-8(10)12-9-7(6)3-2-4-11-9/h2-5H,1H3,(H2,10,11,12). The number of nitrogens with zero attached hydrogens (tertiary/aromatic N) is 2. The summed E-state index contributed by atoms with van der Waals surface area (Å²) >= 11 is 0. The van der Waals surface area contributed by atoms with Crippen LogP contribution in [0.1, 0.15) is 5.56 Å². The van der Waals surface area contributed by atoms with Crippen LogP contribution in [-0.4, -0.2) is 9.97 Å². The lowest BCUT2D eigenvalue weighted by Crippen LogP contribution is -1.93. The van der Waals surface area contributed by atoms with Gasteiger partial charge >= 0.3 is 0 Å². The molecule has 2 heterocycles. The summed E-state index contributed by atoms with van der Waals surface area (Å²) in [5.74, 6) is 0.527. The molecule has 3 nitrogen and oxygen atoms in total. The molecule has 0 radical (unpaired) electrons. The van der Waals surface area contributed by atoms with Crippen LogP contribution in [0, 0.1) is 6.92 Å². The Labute approximate surface area is 70.3 Å². The minimum Gasteiger partial charge on any atom is -0.384 e. The highest BCUT2D eigenvalue weighted by atomic mass is 14.9. The first-order valence-corrected chi connectivity index (χ1v) is 3.75. The predicted octanol–water partition coefficient (Wildman–Crippen LogP) is 1.52. The van der Waals surface area contributed by atoms with Gasteiger partial charge in [-0.25, -0.2) is 9.97 Å². The molecule has 2 aromatic rings. The summed E-state index contributed by atoms with van der Waals surface area (Å²) in [7, 11) is 0. The lowest BCUT2D eigenvalue weighted by molar-refractivity contribution is 1.27. The molecule has 0 saturated heterocycles. The van der Waals surface area contributed by atoms with Crippen LogP contribution >= 0.6 is 0 Å². The number of pyridine rings is 2. The van der Waals surface area contributed by atoms with E-state index in [0.717, 1.165) is 16.6 Å². The van der Waals surface area contributed by atoms with Gasteiger partial charge in [-0.3, -0.25) is 0 Å². The molecule has 0 spiro atoms. The second kappa shape index (κ2) is 2.44. The Morgan fingerprint density at radius 2 is 2.25 bits per heavy atom. The van der Waals surface area contributed by atoms with Crippen LogP contribution in [0.4, 0.5) is 5.82 Å². The molecule has 0 atom stereocenters. The average molecular weight is 159 g/mol. The number of hydrogen-bond donors (Lipinski definition) is 1. The fraction of sp³-hybridized carbons (Fsp3) is 0.111. The minimum absolute atomic E-state index is 0.527. The highest BCUT2D eigenvalue weighted by Gasteiger charge is 1.99. The molecule has 12 heavy (non-hydrogen) atoms. The molecule has 2 N–H and O–H groups in total. The Balaban J connectivity index is 2.89. The van der Waals surface area contributed by atoms with Gasteiger partial charge in [-0.1, -0.05) is 0 Å². The molecule has 0 aliphatic rings. The molecular weight excluding hydrogens is 150 g/mol. The van der Waals surface area contributed by atoms with E-state index < -0.39 is 0 Å². The van der Waals surface area contributed by atoms with E-state index in [1.165, 1.54) is 0 Å². The molecule has 60 valence electrons. The monoisotopic (exact) mass is 159 g/mol. The number of hydrogen-bond acceptors (Lipinski definition) is 3. The molecule has 0 aliphatic heterocycles. The van der Waals surface area contributed by atoms with Crippen LogP contribution in [0.15, 0.2) is 24.4 Å². The van der Waals surface area contributed by atoms with Crippen molar-refractivity contribution in [3.63, 3.8) is 0 Å². The minimum atomic E-state index is 0.527. The second-order valence-electron chi connectivity index (χ2n) is 2.74. The molecular formula is C9H9N3. The molecule has 0 bridgehead atoms. The average Bonchev–Trinajstić information content (AvgIpc) is 2.04. The number of rotatable bonds is 0. The van der Waals surface area contributed by atoms with Gasteiger partial charge in [-0.15, -0.1) is 0 Å². The number of aromatic nitrogens is 2. The van der Waals surface area contributed by atoms with Crippen molar-refractivity contribution in [1.82, 2.24) is 9.97 Å². The molecule has 0 amide bonds. The maximum atomic E-state index is 5.57. The number of anilines is 1. The van der Waals surface area contributed by atoms with E-state index >= 15 is 0 Å². The van der Waals surface area contributed by atoms with Crippen molar-refractivity contribution >= 4 is 16.9 Å². The summed E-state index contributed by atoms with van der Waals surface area (Å²) in [6, 6.07) is 5.74. The number of fused-ring (bicyclic) bond motifs is 1. The first kappa shape index (κ1) is 7.03. The van der Waals surface area contributed by atoms with Crippen molar-refractivity contribution in [3.05, 3.63) is 30.0 Å².